The van der Waals surface area contributed by atoms with Crippen molar-refractivity contribution in [2.75, 3.05) is 5.32 Å². The Bertz CT molecular complexity index is 1490. The standard InChI is InChI=1S/C26H18N2/c1-2-8-18-17(7-1)15-16-21-19(18)10-5-13-23(21)27-25-14-6-11-22-20-9-3-4-12-24(20)28-26(22)25/h1-16,27-28H. The van der Waals surface area contributed by atoms with Gasteiger partial charge in [-0.1, -0.05) is 78.9 Å². The molecule has 0 aliphatic heterocycles. The highest BCUT2D eigenvalue weighted by atomic mass is 14.9. The van der Waals surface area contributed by atoms with E-state index in [-0.39, 0.29) is 0 Å². The number of hydrogen-bond acceptors (Lipinski definition) is 1. The van der Waals surface area contributed by atoms with E-state index in [0.29, 0.717) is 0 Å². The summed E-state index contributed by atoms with van der Waals surface area (Å²) in [6, 6.07) is 34.3. The number of H-pyrrole nitrogens is 1. The predicted molar refractivity (Wildman–Crippen MR) is 121 cm³/mol. The smallest absolute Gasteiger partial charge is 0.0704 e. The fourth-order valence-electron chi connectivity index (χ4n) is 4.27. The molecule has 132 valence electrons. The van der Waals surface area contributed by atoms with E-state index >= 15 is 0 Å². The molecule has 0 saturated heterocycles. The first-order chi connectivity index (χ1) is 13.9. The minimum Gasteiger partial charge on any atom is -0.353 e. The maximum Gasteiger partial charge on any atom is 0.0704 e. The minimum absolute atomic E-state index is 1.09. The lowest BCUT2D eigenvalue weighted by molar-refractivity contribution is 1.52. The van der Waals surface area contributed by atoms with Gasteiger partial charge in [-0.2, -0.15) is 0 Å². The molecule has 1 heterocycles. The van der Waals surface area contributed by atoms with Gasteiger partial charge in [0.05, 0.1) is 11.2 Å². The number of fused-ring (bicyclic) bond motifs is 6. The van der Waals surface area contributed by atoms with Crippen molar-refractivity contribution in [1.29, 1.82) is 0 Å². The van der Waals surface area contributed by atoms with Crippen molar-refractivity contribution in [3.8, 4) is 0 Å². The molecule has 1 aromatic heterocycles. The van der Waals surface area contributed by atoms with Gasteiger partial charge in [-0.15, -0.1) is 0 Å². The van der Waals surface area contributed by atoms with E-state index in [9.17, 15) is 0 Å². The predicted octanol–water partition coefficient (Wildman–Crippen LogP) is 7.37. The molecule has 28 heavy (non-hydrogen) atoms. The van der Waals surface area contributed by atoms with Gasteiger partial charge >= 0.3 is 0 Å². The molecule has 0 aliphatic carbocycles. The van der Waals surface area contributed by atoms with Gasteiger partial charge in [-0.05, 0) is 34.4 Å². The SMILES string of the molecule is c1ccc2c(c1)ccc1c(Nc3cccc4c3[nH]c3ccccc34)cccc12. The Kier molecular flexibility index (Phi) is 3.20. The number of rotatable bonds is 2. The highest BCUT2D eigenvalue weighted by Gasteiger charge is 2.10. The van der Waals surface area contributed by atoms with Gasteiger partial charge in [-0.25, -0.2) is 0 Å². The number of hydrogen-bond donors (Lipinski definition) is 2. The molecule has 2 N–H and O–H groups in total. The van der Waals surface area contributed by atoms with Gasteiger partial charge in [0.1, 0.15) is 0 Å². The van der Waals surface area contributed by atoms with Gasteiger partial charge in [0.2, 0.25) is 0 Å². The number of para-hydroxylation sites is 2. The number of anilines is 2. The lowest BCUT2D eigenvalue weighted by Crippen LogP contribution is -1.93. The average molecular weight is 358 g/mol. The summed E-state index contributed by atoms with van der Waals surface area (Å²) >= 11 is 0. The molecule has 0 saturated carbocycles. The Balaban J connectivity index is 1.57. The molecule has 6 rings (SSSR count). The van der Waals surface area contributed by atoms with Gasteiger partial charge in [0, 0.05) is 27.4 Å². The summed E-state index contributed by atoms with van der Waals surface area (Å²) in [5, 5.41) is 11.2. The van der Waals surface area contributed by atoms with Crippen molar-refractivity contribution in [3.63, 3.8) is 0 Å². The second-order valence-corrected chi connectivity index (χ2v) is 7.21. The van der Waals surface area contributed by atoms with Crippen molar-refractivity contribution in [2.45, 2.75) is 0 Å². The maximum absolute atomic E-state index is 3.68. The summed E-state index contributed by atoms with van der Waals surface area (Å²) in [6.45, 7) is 0. The van der Waals surface area contributed by atoms with Crippen LogP contribution in [0.4, 0.5) is 11.4 Å². The summed E-state index contributed by atoms with van der Waals surface area (Å²) < 4.78 is 0. The number of benzene rings is 5. The highest BCUT2D eigenvalue weighted by molar-refractivity contribution is 6.14. The van der Waals surface area contributed by atoms with Crippen LogP contribution in [0.15, 0.2) is 97.1 Å². The summed E-state index contributed by atoms with van der Waals surface area (Å²) in [5.74, 6) is 0. The van der Waals surface area contributed by atoms with E-state index in [2.05, 4.69) is 107 Å². The van der Waals surface area contributed by atoms with Crippen LogP contribution in [-0.2, 0) is 0 Å². The van der Waals surface area contributed by atoms with E-state index in [1.165, 1.54) is 32.3 Å². The largest absolute Gasteiger partial charge is 0.353 e. The maximum atomic E-state index is 3.68. The Morgan fingerprint density at radius 3 is 2.11 bits per heavy atom. The van der Waals surface area contributed by atoms with Crippen molar-refractivity contribution in [1.82, 2.24) is 4.98 Å². The third kappa shape index (κ3) is 2.21. The van der Waals surface area contributed by atoms with Gasteiger partial charge in [-0.3, -0.25) is 0 Å². The van der Waals surface area contributed by atoms with Crippen LogP contribution in [0.25, 0.3) is 43.4 Å². The van der Waals surface area contributed by atoms with Crippen LogP contribution in [0.1, 0.15) is 0 Å². The highest BCUT2D eigenvalue weighted by Crippen LogP contribution is 2.35. The summed E-state index contributed by atoms with van der Waals surface area (Å²) in [6.07, 6.45) is 0. The van der Waals surface area contributed by atoms with Crippen LogP contribution >= 0.6 is 0 Å². The first kappa shape index (κ1) is 15.3. The lowest BCUT2D eigenvalue weighted by atomic mass is 10.0. The van der Waals surface area contributed by atoms with Crippen LogP contribution in [0.3, 0.4) is 0 Å². The Morgan fingerprint density at radius 2 is 1.18 bits per heavy atom. The lowest BCUT2D eigenvalue weighted by Gasteiger charge is -2.12. The molecule has 0 unspecified atom stereocenters. The molecule has 2 nitrogen and oxygen atoms in total. The molecule has 5 aromatic carbocycles. The molecule has 0 amide bonds. The van der Waals surface area contributed by atoms with Gasteiger partial charge in [0.25, 0.3) is 0 Å². The summed E-state index contributed by atoms with van der Waals surface area (Å²) in [4.78, 5) is 3.58. The molecule has 6 aromatic rings. The zero-order chi connectivity index (χ0) is 18.5. The number of nitrogens with one attached hydrogen (secondary N) is 2. The van der Waals surface area contributed by atoms with Crippen LogP contribution in [-0.4, -0.2) is 4.98 Å². The quantitative estimate of drug-likeness (QED) is 0.311. The van der Waals surface area contributed by atoms with E-state index in [4.69, 9.17) is 0 Å². The zero-order valence-electron chi connectivity index (χ0n) is 15.2. The normalized spacial score (nSPS) is 11.6. The van der Waals surface area contributed by atoms with Gasteiger partial charge < -0.3 is 10.3 Å². The molecule has 2 heteroatoms. The molecule has 0 fully saturated rings. The van der Waals surface area contributed by atoms with E-state index in [0.717, 1.165) is 22.4 Å². The molecular formula is C26H18N2. The van der Waals surface area contributed by atoms with Crippen LogP contribution in [0.5, 0.6) is 0 Å². The molecule has 0 bridgehead atoms. The molecule has 0 atom stereocenters. The minimum atomic E-state index is 1.09. The number of aromatic nitrogens is 1. The first-order valence-electron chi connectivity index (χ1n) is 9.55. The summed E-state index contributed by atoms with van der Waals surface area (Å²) in [7, 11) is 0. The second kappa shape index (κ2) is 5.86. The average Bonchev–Trinajstić information content (AvgIpc) is 3.14. The third-order valence-electron chi connectivity index (χ3n) is 5.60. The van der Waals surface area contributed by atoms with Crippen LogP contribution < -0.4 is 5.32 Å². The Labute approximate surface area is 162 Å². The molecule has 0 spiro atoms. The van der Waals surface area contributed by atoms with Crippen molar-refractivity contribution in [2.24, 2.45) is 0 Å². The van der Waals surface area contributed by atoms with Crippen LogP contribution in [0, 0.1) is 0 Å². The molecule has 0 aliphatic rings. The molecular weight excluding hydrogens is 340 g/mol. The topological polar surface area (TPSA) is 27.8 Å². The summed E-state index contributed by atoms with van der Waals surface area (Å²) in [5.41, 5.74) is 4.51. The zero-order valence-corrected chi connectivity index (χ0v) is 15.2. The van der Waals surface area contributed by atoms with Crippen LogP contribution in [0.2, 0.25) is 0 Å². The van der Waals surface area contributed by atoms with E-state index in [1.54, 1.807) is 0 Å². The fourth-order valence-corrected chi connectivity index (χ4v) is 4.27. The Hall–Kier alpha value is -3.78. The van der Waals surface area contributed by atoms with Crippen molar-refractivity contribution < 1.29 is 0 Å². The monoisotopic (exact) mass is 358 g/mol. The van der Waals surface area contributed by atoms with Crippen molar-refractivity contribution in [3.05, 3.63) is 97.1 Å². The van der Waals surface area contributed by atoms with E-state index in [1.807, 2.05) is 0 Å². The first-order valence-corrected chi connectivity index (χ1v) is 9.55. The number of aromatic amines is 1. The van der Waals surface area contributed by atoms with E-state index < -0.39 is 0 Å². The van der Waals surface area contributed by atoms with Gasteiger partial charge in [0.15, 0.2) is 0 Å². The van der Waals surface area contributed by atoms with Crippen molar-refractivity contribution >= 4 is 54.7 Å². The Morgan fingerprint density at radius 1 is 0.464 bits per heavy atom. The molecule has 0 radical (unpaired) electrons. The fraction of sp³-hybridized carbons (Fsp3) is 0. The third-order valence-corrected chi connectivity index (χ3v) is 5.60. The second-order valence-electron chi connectivity index (χ2n) is 7.21.